The Kier molecular flexibility index (Phi) is 3.97. The Bertz CT molecular complexity index is 879. The summed E-state index contributed by atoms with van der Waals surface area (Å²) in [5.41, 5.74) is 6.76. The van der Waals surface area contributed by atoms with Crippen molar-refractivity contribution in [2.75, 3.05) is 17.4 Å². The van der Waals surface area contributed by atoms with Gasteiger partial charge in [0.15, 0.2) is 0 Å². The normalized spacial score (nSPS) is 17.5. The number of allylic oxidation sites excluding steroid dienone is 2. The molecule has 1 aromatic heterocycles. The second kappa shape index (κ2) is 5.96. The summed E-state index contributed by atoms with van der Waals surface area (Å²) in [6, 6.07) is 9.82. The van der Waals surface area contributed by atoms with Crippen molar-refractivity contribution in [3.05, 3.63) is 63.7 Å². The Labute approximate surface area is 140 Å². The number of hydrazone groups is 1. The third kappa shape index (κ3) is 2.82. The minimum atomic E-state index is -0.203. The Morgan fingerprint density at radius 2 is 2.08 bits per heavy atom. The maximum Gasteiger partial charge on any atom is 0.252 e. The van der Waals surface area contributed by atoms with Crippen LogP contribution in [0.4, 0.5) is 11.6 Å². The van der Waals surface area contributed by atoms with Gasteiger partial charge in [0.05, 0.1) is 0 Å². The number of rotatable bonds is 3. The van der Waals surface area contributed by atoms with Gasteiger partial charge in [-0.05, 0) is 24.6 Å². The molecule has 0 atom stereocenters. The molecule has 0 aliphatic carbocycles. The van der Waals surface area contributed by atoms with Crippen LogP contribution < -0.4 is 15.9 Å². The highest BCUT2D eigenvalue weighted by Crippen LogP contribution is 2.46. The quantitative estimate of drug-likeness (QED) is 0.673. The van der Waals surface area contributed by atoms with Gasteiger partial charge in [-0.15, -0.1) is 0 Å². The average Bonchev–Trinajstić information content (AvgIpc) is 2.71. The van der Waals surface area contributed by atoms with E-state index in [4.69, 9.17) is 0 Å². The lowest BCUT2D eigenvalue weighted by atomic mass is 9.84. The standard InChI is InChI=1S/C18H21N5O/c1-12-11-16(24)21-17(20-12)22-19-10-9-15-18(2,3)13-7-5-6-8-14(13)23(15)4/h5-11H,1-4H3,(H2,20,21,22,24)/b15-9-,19-10+. The van der Waals surface area contributed by atoms with Crippen LogP contribution in [0.5, 0.6) is 0 Å². The van der Waals surface area contributed by atoms with Crippen molar-refractivity contribution < 1.29 is 0 Å². The zero-order valence-corrected chi connectivity index (χ0v) is 14.3. The molecule has 1 aliphatic heterocycles. The number of benzene rings is 1. The molecule has 2 N–H and O–H groups in total. The summed E-state index contributed by atoms with van der Waals surface area (Å²) in [7, 11) is 2.06. The van der Waals surface area contributed by atoms with Crippen molar-refractivity contribution in [2.24, 2.45) is 5.10 Å². The summed E-state index contributed by atoms with van der Waals surface area (Å²) in [6.45, 7) is 6.16. The van der Waals surface area contributed by atoms with Crippen LogP contribution in [0, 0.1) is 6.92 Å². The second-order valence-corrected chi connectivity index (χ2v) is 6.38. The van der Waals surface area contributed by atoms with E-state index >= 15 is 0 Å². The van der Waals surface area contributed by atoms with Crippen LogP contribution in [-0.4, -0.2) is 23.2 Å². The highest BCUT2D eigenvalue weighted by Gasteiger charge is 2.37. The zero-order chi connectivity index (χ0) is 17.3. The molecular formula is C18H21N5O. The molecule has 0 saturated carbocycles. The van der Waals surface area contributed by atoms with Crippen LogP contribution in [0.2, 0.25) is 0 Å². The molecule has 0 amide bonds. The largest absolute Gasteiger partial charge is 0.347 e. The number of likely N-dealkylation sites (N-methyl/N-ethyl adjacent to an activating group) is 1. The van der Waals surface area contributed by atoms with Crippen LogP contribution in [-0.2, 0) is 5.41 Å². The molecule has 0 radical (unpaired) electrons. The molecule has 0 spiro atoms. The lowest BCUT2D eigenvalue weighted by Gasteiger charge is -2.23. The van der Waals surface area contributed by atoms with Gasteiger partial charge in [0, 0.05) is 41.8 Å². The first kappa shape index (κ1) is 16.0. The van der Waals surface area contributed by atoms with Crippen molar-refractivity contribution >= 4 is 17.9 Å². The summed E-state index contributed by atoms with van der Waals surface area (Å²) < 4.78 is 0. The first-order chi connectivity index (χ1) is 11.4. The third-order valence-electron chi connectivity index (χ3n) is 4.29. The second-order valence-electron chi connectivity index (χ2n) is 6.38. The number of anilines is 2. The number of aromatic amines is 1. The number of aryl methyl sites for hydroxylation is 1. The number of hydrogen-bond acceptors (Lipinski definition) is 5. The molecule has 2 aromatic rings. The molecule has 1 aliphatic rings. The van der Waals surface area contributed by atoms with Gasteiger partial charge in [0.2, 0.25) is 5.95 Å². The molecule has 0 fully saturated rings. The molecule has 6 nitrogen and oxygen atoms in total. The van der Waals surface area contributed by atoms with Crippen molar-refractivity contribution in [3.63, 3.8) is 0 Å². The minimum absolute atomic E-state index is 0.0900. The number of H-pyrrole nitrogens is 1. The maximum atomic E-state index is 11.4. The highest BCUT2D eigenvalue weighted by molar-refractivity contribution is 5.79. The molecule has 0 saturated heterocycles. The van der Waals surface area contributed by atoms with E-state index in [2.05, 4.69) is 64.5 Å². The smallest absolute Gasteiger partial charge is 0.252 e. The number of nitrogens with one attached hydrogen (secondary N) is 2. The summed E-state index contributed by atoms with van der Waals surface area (Å²) >= 11 is 0. The average molecular weight is 323 g/mol. The van der Waals surface area contributed by atoms with Gasteiger partial charge in [-0.2, -0.15) is 5.10 Å². The van der Waals surface area contributed by atoms with E-state index in [0.717, 1.165) is 5.70 Å². The molecule has 1 aromatic carbocycles. The first-order valence-corrected chi connectivity index (χ1v) is 7.80. The fourth-order valence-electron chi connectivity index (χ4n) is 3.14. The topological polar surface area (TPSA) is 73.4 Å². The summed E-state index contributed by atoms with van der Waals surface area (Å²) in [5, 5.41) is 4.14. The van der Waals surface area contributed by atoms with Crippen LogP contribution in [0.15, 0.2) is 52.0 Å². The number of para-hydroxylation sites is 1. The van der Waals surface area contributed by atoms with Crippen LogP contribution in [0.25, 0.3) is 0 Å². The Hall–Kier alpha value is -2.89. The van der Waals surface area contributed by atoms with E-state index in [1.807, 2.05) is 12.1 Å². The van der Waals surface area contributed by atoms with Crippen molar-refractivity contribution in [2.45, 2.75) is 26.2 Å². The van der Waals surface area contributed by atoms with E-state index in [-0.39, 0.29) is 11.0 Å². The van der Waals surface area contributed by atoms with Gasteiger partial charge < -0.3 is 4.90 Å². The summed E-state index contributed by atoms with van der Waals surface area (Å²) in [6.07, 6.45) is 3.66. The molecule has 3 rings (SSSR count). The lowest BCUT2D eigenvalue weighted by molar-refractivity contribution is 0.641. The van der Waals surface area contributed by atoms with E-state index in [0.29, 0.717) is 11.6 Å². The summed E-state index contributed by atoms with van der Waals surface area (Å²) in [5.74, 6) is 0.331. The molecule has 0 unspecified atom stereocenters. The van der Waals surface area contributed by atoms with Crippen molar-refractivity contribution in [1.82, 2.24) is 9.97 Å². The van der Waals surface area contributed by atoms with Gasteiger partial charge in [0.1, 0.15) is 0 Å². The maximum absolute atomic E-state index is 11.4. The van der Waals surface area contributed by atoms with Crippen LogP contribution in [0.3, 0.4) is 0 Å². The van der Waals surface area contributed by atoms with E-state index < -0.39 is 0 Å². The fraction of sp³-hybridized carbons (Fsp3) is 0.278. The lowest BCUT2D eigenvalue weighted by Crippen LogP contribution is -2.23. The van der Waals surface area contributed by atoms with Gasteiger partial charge in [-0.3, -0.25) is 9.78 Å². The number of fused-ring (bicyclic) bond motifs is 1. The number of hydrogen-bond donors (Lipinski definition) is 2. The van der Waals surface area contributed by atoms with E-state index in [9.17, 15) is 4.79 Å². The van der Waals surface area contributed by atoms with Crippen LogP contribution in [0.1, 0.15) is 25.1 Å². The SMILES string of the molecule is Cc1cc(=O)[nH]c(N/N=C/C=C2\N(C)c3ccccc3C2(C)C)n1. The Morgan fingerprint density at radius 1 is 1.33 bits per heavy atom. The van der Waals surface area contributed by atoms with Gasteiger partial charge in [-0.25, -0.2) is 10.4 Å². The van der Waals surface area contributed by atoms with Gasteiger partial charge in [0.25, 0.3) is 5.56 Å². The molecule has 124 valence electrons. The third-order valence-corrected chi connectivity index (χ3v) is 4.29. The van der Waals surface area contributed by atoms with Gasteiger partial charge in [-0.1, -0.05) is 32.0 Å². The predicted octanol–water partition coefficient (Wildman–Crippen LogP) is 2.79. The number of aromatic nitrogens is 2. The first-order valence-electron chi connectivity index (χ1n) is 7.80. The molecule has 24 heavy (non-hydrogen) atoms. The zero-order valence-electron chi connectivity index (χ0n) is 14.3. The molecule has 0 bridgehead atoms. The predicted molar refractivity (Wildman–Crippen MR) is 97.7 cm³/mol. The fourth-order valence-corrected chi connectivity index (χ4v) is 3.14. The number of nitrogens with zero attached hydrogens (tertiary/aromatic N) is 3. The highest BCUT2D eigenvalue weighted by atomic mass is 16.1. The van der Waals surface area contributed by atoms with E-state index in [1.165, 1.54) is 17.3 Å². The molecular weight excluding hydrogens is 302 g/mol. The van der Waals surface area contributed by atoms with E-state index in [1.54, 1.807) is 13.1 Å². The van der Waals surface area contributed by atoms with Crippen LogP contribution >= 0.6 is 0 Å². The molecule has 2 heterocycles. The van der Waals surface area contributed by atoms with Crippen molar-refractivity contribution in [3.8, 4) is 0 Å². The Balaban J connectivity index is 1.81. The Morgan fingerprint density at radius 3 is 2.79 bits per heavy atom. The molecule has 6 heteroatoms. The summed E-state index contributed by atoms with van der Waals surface area (Å²) in [4.78, 5) is 20.3. The van der Waals surface area contributed by atoms with Crippen molar-refractivity contribution in [1.29, 1.82) is 0 Å². The monoisotopic (exact) mass is 323 g/mol. The van der Waals surface area contributed by atoms with Gasteiger partial charge >= 0.3 is 0 Å². The minimum Gasteiger partial charge on any atom is -0.347 e.